The molecule has 0 saturated heterocycles. The first-order valence-corrected chi connectivity index (χ1v) is 15.4. The molecule has 0 aliphatic heterocycles. The number of benzene rings is 9. The van der Waals surface area contributed by atoms with Crippen molar-refractivity contribution in [2.75, 3.05) is 0 Å². The minimum atomic E-state index is -3.35. The van der Waals surface area contributed by atoms with Crippen LogP contribution < -0.4 is 15.9 Å². The normalized spacial score (nSPS) is 12.6. The molecule has 0 atom stereocenters. The van der Waals surface area contributed by atoms with Crippen molar-refractivity contribution >= 4 is 87.7 Å². The zero-order valence-corrected chi connectivity index (χ0v) is 22.5. The van der Waals surface area contributed by atoms with Crippen LogP contribution in [-0.2, 0) is 4.57 Å². The molecule has 0 aliphatic rings. The third kappa shape index (κ3) is 2.80. The molecule has 1 nitrogen and oxygen atoms in total. The van der Waals surface area contributed by atoms with E-state index >= 15 is 4.57 Å². The number of hydrogen-bond acceptors (Lipinski definition) is 1. The van der Waals surface area contributed by atoms with Gasteiger partial charge in [-0.2, -0.15) is 0 Å². The molecule has 9 aromatic rings. The van der Waals surface area contributed by atoms with Crippen LogP contribution >= 0.6 is 7.14 Å². The van der Waals surface area contributed by atoms with E-state index in [-0.39, 0.29) is 0 Å². The van der Waals surface area contributed by atoms with Crippen molar-refractivity contribution in [3.8, 4) is 0 Å². The van der Waals surface area contributed by atoms with Crippen molar-refractivity contribution in [3.63, 3.8) is 0 Å². The molecule has 9 aromatic carbocycles. The summed E-state index contributed by atoms with van der Waals surface area (Å²) in [4.78, 5) is 0. The summed E-state index contributed by atoms with van der Waals surface area (Å²) in [6.07, 6.45) is 0. The molecule has 0 fully saturated rings. The van der Waals surface area contributed by atoms with Crippen molar-refractivity contribution in [2.24, 2.45) is 0 Å². The minimum Gasteiger partial charge on any atom is -0.309 e. The van der Waals surface area contributed by atoms with Gasteiger partial charge < -0.3 is 4.57 Å². The van der Waals surface area contributed by atoms with Crippen molar-refractivity contribution in [1.29, 1.82) is 0 Å². The van der Waals surface area contributed by atoms with Gasteiger partial charge in [-0.3, -0.25) is 0 Å². The maximum Gasteiger partial charge on any atom is 0.172 e. The molecule has 0 spiro atoms. The van der Waals surface area contributed by atoms with Crippen molar-refractivity contribution in [1.82, 2.24) is 0 Å². The Bertz CT molecular complexity index is 2300. The van der Waals surface area contributed by atoms with Gasteiger partial charge >= 0.3 is 0 Å². The molecule has 0 saturated carbocycles. The second kappa shape index (κ2) is 7.92. The van der Waals surface area contributed by atoms with Gasteiger partial charge in [-0.1, -0.05) is 127 Å². The van der Waals surface area contributed by atoms with Gasteiger partial charge in [0.2, 0.25) is 0 Å². The lowest BCUT2D eigenvalue weighted by atomic mass is 9.94. The van der Waals surface area contributed by atoms with Crippen molar-refractivity contribution < 1.29 is 4.57 Å². The van der Waals surface area contributed by atoms with E-state index in [1.165, 1.54) is 43.1 Å². The van der Waals surface area contributed by atoms with Crippen LogP contribution in [0.25, 0.3) is 64.6 Å². The lowest BCUT2D eigenvalue weighted by Crippen LogP contribution is -2.26. The summed E-state index contributed by atoms with van der Waals surface area (Å²) < 4.78 is 16.3. The molecule has 0 unspecified atom stereocenters. The Morgan fingerprint density at radius 3 is 1.23 bits per heavy atom. The molecule has 0 heterocycles. The van der Waals surface area contributed by atoms with Crippen LogP contribution in [0, 0.1) is 0 Å². The Balaban J connectivity index is 1.53. The average molecular weight is 527 g/mol. The summed E-state index contributed by atoms with van der Waals surface area (Å²) >= 11 is 0. The number of rotatable bonds is 3. The predicted molar refractivity (Wildman–Crippen MR) is 173 cm³/mol. The van der Waals surface area contributed by atoms with Gasteiger partial charge in [0, 0.05) is 15.9 Å². The highest BCUT2D eigenvalue weighted by molar-refractivity contribution is 7.86. The van der Waals surface area contributed by atoms with E-state index < -0.39 is 7.14 Å². The fourth-order valence-electron chi connectivity index (χ4n) is 7.05. The molecule has 0 amide bonds. The molecule has 0 aliphatic carbocycles. The van der Waals surface area contributed by atoms with E-state index in [4.69, 9.17) is 0 Å². The highest BCUT2D eigenvalue weighted by Crippen LogP contribution is 2.50. The van der Waals surface area contributed by atoms with E-state index in [0.717, 1.165) is 37.5 Å². The average Bonchev–Trinajstić information content (AvgIpc) is 3.02. The van der Waals surface area contributed by atoms with Crippen molar-refractivity contribution in [2.45, 2.75) is 0 Å². The lowest BCUT2D eigenvalue weighted by molar-refractivity contribution is 0.593. The maximum absolute atomic E-state index is 16.3. The van der Waals surface area contributed by atoms with Gasteiger partial charge in [-0.05, 0) is 76.8 Å². The SMILES string of the molecule is O=P(c1ccccc1)(c1cc2cccc3ccc4cccc1c4c32)c1cc2cccc3ccc4cccc1c4c32. The Hall–Kier alpha value is -4.71. The highest BCUT2D eigenvalue weighted by Gasteiger charge is 2.34. The molecular formula is C38H23OP. The molecule has 9 rings (SSSR count). The third-order valence-corrected chi connectivity index (χ3v) is 11.9. The summed E-state index contributed by atoms with van der Waals surface area (Å²) in [7, 11) is -3.35. The summed E-state index contributed by atoms with van der Waals surface area (Å²) in [6.45, 7) is 0. The second-order valence-electron chi connectivity index (χ2n) is 10.8. The zero-order valence-electron chi connectivity index (χ0n) is 21.6. The van der Waals surface area contributed by atoms with Crippen LogP contribution in [0.4, 0.5) is 0 Å². The first-order valence-electron chi connectivity index (χ1n) is 13.7. The Morgan fingerprint density at radius 2 is 0.750 bits per heavy atom. The minimum absolute atomic E-state index is 0.861. The molecular weight excluding hydrogens is 503 g/mol. The first kappa shape index (κ1) is 22.1. The van der Waals surface area contributed by atoms with Crippen LogP contribution in [0.2, 0.25) is 0 Å². The quantitative estimate of drug-likeness (QED) is 0.166. The highest BCUT2D eigenvalue weighted by atomic mass is 31.2. The van der Waals surface area contributed by atoms with Gasteiger partial charge in [0.15, 0.2) is 7.14 Å². The van der Waals surface area contributed by atoms with E-state index in [1.54, 1.807) is 0 Å². The summed E-state index contributed by atoms with van der Waals surface area (Å²) in [6, 6.07) is 49.1. The van der Waals surface area contributed by atoms with Gasteiger partial charge in [0.25, 0.3) is 0 Å². The topological polar surface area (TPSA) is 17.1 Å². The Labute approximate surface area is 231 Å². The standard InChI is InChI=1S/C38H23OP/c39-40(30-14-2-1-3-15-30,33-22-28-12-4-8-24-18-20-26-10-6-16-31(33)37(26)35(24)28)34-23-29-13-5-9-25-19-21-27-11-7-17-32(34)38(27)36(25)29/h1-23H. The zero-order chi connectivity index (χ0) is 26.4. The van der Waals surface area contributed by atoms with Gasteiger partial charge in [0.05, 0.1) is 0 Å². The third-order valence-electron chi connectivity index (χ3n) is 8.77. The predicted octanol–water partition coefficient (Wildman–Crippen LogP) is 9.12. The smallest absolute Gasteiger partial charge is 0.172 e. The van der Waals surface area contributed by atoms with Crippen LogP contribution in [0.15, 0.2) is 140 Å². The van der Waals surface area contributed by atoms with E-state index in [0.29, 0.717) is 0 Å². The molecule has 186 valence electrons. The van der Waals surface area contributed by atoms with Crippen LogP contribution in [-0.4, -0.2) is 0 Å². The molecule has 0 bridgehead atoms. The van der Waals surface area contributed by atoms with E-state index in [1.807, 2.05) is 30.3 Å². The van der Waals surface area contributed by atoms with Crippen molar-refractivity contribution in [3.05, 3.63) is 140 Å². The Morgan fingerprint density at radius 1 is 0.350 bits per heavy atom. The molecule has 2 heteroatoms. The number of hydrogen-bond donors (Lipinski definition) is 0. The fraction of sp³-hybridized carbons (Fsp3) is 0. The monoisotopic (exact) mass is 526 g/mol. The maximum atomic E-state index is 16.3. The fourth-order valence-corrected chi connectivity index (χ4v) is 10.2. The summed E-state index contributed by atoms with van der Waals surface area (Å²) in [5.74, 6) is 0. The van der Waals surface area contributed by atoms with Crippen LogP contribution in [0.1, 0.15) is 0 Å². The lowest BCUT2D eigenvalue weighted by Gasteiger charge is -2.26. The molecule has 0 radical (unpaired) electrons. The van der Waals surface area contributed by atoms with Crippen LogP contribution in [0.5, 0.6) is 0 Å². The van der Waals surface area contributed by atoms with Gasteiger partial charge in [-0.25, -0.2) is 0 Å². The van der Waals surface area contributed by atoms with Gasteiger partial charge in [0.1, 0.15) is 0 Å². The second-order valence-corrected chi connectivity index (χ2v) is 13.5. The van der Waals surface area contributed by atoms with E-state index in [9.17, 15) is 0 Å². The molecule has 0 N–H and O–H groups in total. The molecule has 40 heavy (non-hydrogen) atoms. The van der Waals surface area contributed by atoms with E-state index in [2.05, 4.69) is 109 Å². The van der Waals surface area contributed by atoms with Gasteiger partial charge in [-0.15, -0.1) is 0 Å². The first-order chi connectivity index (χ1) is 19.7. The Kier molecular flexibility index (Phi) is 4.38. The van der Waals surface area contributed by atoms with Crippen LogP contribution in [0.3, 0.4) is 0 Å². The summed E-state index contributed by atoms with van der Waals surface area (Å²) in [5, 5.41) is 16.7. The summed E-state index contributed by atoms with van der Waals surface area (Å²) in [5.41, 5.74) is 0. The molecule has 0 aromatic heterocycles. The largest absolute Gasteiger partial charge is 0.309 e.